The molecule has 4 aliphatic rings. The Morgan fingerprint density at radius 3 is 1.75 bits per heavy atom. The molecule has 2 atom stereocenters. The first-order valence-corrected chi connectivity index (χ1v) is 15.1. The first-order valence-electron chi connectivity index (χ1n) is 15.1. The number of carbonyl (C=O) groups is 1. The molecule has 4 rings (SSSR count). The van der Waals surface area contributed by atoms with E-state index >= 15 is 0 Å². The van der Waals surface area contributed by atoms with Crippen LogP contribution in [0.25, 0.3) is 0 Å². The van der Waals surface area contributed by atoms with Crippen LogP contribution in [0.5, 0.6) is 0 Å². The summed E-state index contributed by atoms with van der Waals surface area (Å²) in [5.74, 6) is 0. The van der Waals surface area contributed by atoms with Crippen LogP contribution in [0.2, 0.25) is 0 Å². The van der Waals surface area contributed by atoms with Gasteiger partial charge in [-0.05, 0) is 77.5 Å². The molecule has 2 unspecified atom stereocenters. The fourth-order valence-electron chi connectivity index (χ4n) is 7.07. The van der Waals surface area contributed by atoms with E-state index in [-0.39, 0.29) is 0 Å². The SMILES string of the molecule is COC(=O)OCCN(CCCN1CCCN2CCCCCC21)CCCN1CCCN2CCCCCC21. The zero-order chi connectivity index (χ0) is 25.0. The van der Waals surface area contributed by atoms with Crippen LogP contribution in [-0.4, -0.2) is 129 Å². The first kappa shape index (κ1) is 28.1. The lowest BCUT2D eigenvalue weighted by molar-refractivity contribution is -0.000237. The molecule has 0 spiro atoms. The maximum atomic E-state index is 11.5. The Labute approximate surface area is 220 Å². The molecule has 0 saturated carbocycles. The summed E-state index contributed by atoms with van der Waals surface area (Å²) in [7, 11) is 1.38. The van der Waals surface area contributed by atoms with Crippen molar-refractivity contribution in [2.45, 2.75) is 89.4 Å². The van der Waals surface area contributed by atoms with Crippen molar-refractivity contribution in [3.63, 3.8) is 0 Å². The first-order chi connectivity index (χ1) is 17.7. The summed E-state index contributed by atoms with van der Waals surface area (Å²) in [5.41, 5.74) is 0. The molecule has 0 radical (unpaired) electrons. The summed E-state index contributed by atoms with van der Waals surface area (Å²) >= 11 is 0. The van der Waals surface area contributed by atoms with Crippen molar-refractivity contribution in [2.75, 3.05) is 85.7 Å². The van der Waals surface area contributed by atoms with Crippen LogP contribution in [0.1, 0.15) is 77.0 Å². The Hall–Kier alpha value is -0.930. The second-order valence-corrected chi connectivity index (χ2v) is 11.4. The number of rotatable bonds is 11. The van der Waals surface area contributed by atoms with E-state index in [0.29, 0.717) is 18.9 Å². The van der Waals surface area contributed by atoms with Gasteiger partial charge in [0, 0.05) is 45.8 Å². The molecule has 0 aromatic rings. The summed E-state index contributed by atoms with van der Waals surface area (Å²) in [6.45, 7) is 13.3. The van der Waals surface area contributed by atoms with Crippen molar-refractivity contribution < 1.29 is 14.3 Å². The molecular weight excluding hydrogens is 454 g/mol. The lowest BCUT2D eigenvalue weighted by atomic mass is 10.1. The second-order valence-electron chi connectivity index (χ2n) is 11.4. The van der Waals surface area contributed by atoms with Crippen LogP contribution in [-0.2, 0) is 9.47 Å². The summed E-state index contributed by atoms with van der Waals surface area (Å²) in [4.78, 5) is 25.0. The standard InChI is InChI=1S/C28H53N5O3/c1-35-28(34)36-25-24-29(14-8-18-32-22-10-20-30-16-6-2-4-12-26(30)32)15-9-19-33-23-11-21-31-17-7-3-5-13-27(31)33/h26-27H,2-25H2,1H3. The molecule has 36 heavy (non-hydrogen) atoms. The zero-order valence-corrected chi connectivity index (χ0v) is 23.1. The number of hydrogen-bond acceptors (Lipinski definition) is 8. The van der Waals surface area contributed by atoms with E-state index < -0.39 is 6.16 Å². The highest BCUT2D eigenvalue weighted by Gasteiger charge is 2.31. The second kappa shape index (κ2) is 15.5. The number of carbonyl (C=O) groups excluding carboxylic acids is 1. The van der Waals surface area contributed by atoms with Crippen LogP contribution in [0.15, 0.2) is 0 Å². The van der Waals surface area contributed by atoms with Gasteiger partial charge in [0.05, 0.1) is 19.4 Å². The largest absolute Gasteiger partial charge is 0.508 e. The summed E-state index contributed by atoms with van der Waals surface area (Å²) in [6.07, 6.45) is 16.7. The van der Waals surface area contributed by atoms with Crippen LogP contribution in [0.4, 0.5) is 4.79 Å². The fraction of sp³-hybridized carbons (Fsp3) is 0.964. The average Bonchev–Trinajstić information content (AvgIpc) is 3.30. The molecule has 0 amide bonds. The number of hydrogen-bond donors (Lipinski definition) is 0. The van der Waals surface area contributed by atoms with E-state index in [2.05, 4.69) is 29.2 Å². The molecular formula is C28H53N5O3. The summed E-state index contributed by atoms with van der Waals surface area (Å²) < 4.78 is 9.92. The minimum absolute atomic E-state index is 0.410. The van der Waals surface area contributed by atoms with Crippen molar-refractivity contribution in [3.8, 4) is 0 Å². The van der Waals surface area contributed by atoms with Crippen LogP contribution in [0.3, 0.4) is 0 Å². The molecule has 0 N–H and O–H groups in total. The average molecular weight is 508 g/mol. The molecule has 0 aliphatic carbocycles. The quantitative estimate of drug-likeness (QED) is 0.393. The van der Waals surface area contributed by atoms with Gasteiger partial charge >= 0.3 is 6.16 Å². The van der Waals surface area contributed by atoms with Gasteiger partial charge in [0.15, 0.2) is 0 Å². The van der Waals surface area contributed by atoms with Gasteiger partial charge in [-0.2, -0.15) is 0 Å². The van der Waals surface area contributed by atoms with E-state index in [1.54, 1.807) is 0 Å². The third-order valence-electron chi connectivity index (χ3n) is 8.92. The molecule has 4 heterocycles. The minimum Gasteiger partial charge on any atom is -0.438 e. The molecule has 0 aromatic carbocycles. The smallest absolute Gasteiger partial charge is 0.438 e. The topological polar surface area (TPSA) is 51.7 Å². The molecule has 8 heteroatoms. The maximum Gasteiger partial charge on any atom is 0.508 e. The Balaban J connectivity index is 1.23. The summed E-state index contributed by atoms with van der Waals surface area (Å²) in [5, 5.41) is 0. The molecule has 0 aromatic heterocycles. The van der Waals surface area contributed by atoms with E-state index in [9.17, 15) is 4.79 Å². The molecule has 4 aliphatic heterocycles. The van der Waals surface area contributed by atoms with E-state index in [1.165, 1.54) is 137 Å². The highest BCUT2D eigenvalue weighted by atomic mass is 16.7. The Bertz CT molecular complexity index is 596. The normalized spacial score (nSPS) is 27.2. The van der Waals surface area contributed by atoms with Crippen molar-refractivity contribution in [1.29, 1.82) is 0 Å². The molecule has 4 fully saturated rings. The van der Waals surface area contributed by atoms with Crippen LogP contribution in [0, 0.1) is 0 Å². The Morgan fingerprint density at radius 2 is 1.22 bits per heavy atom. The van der Waals surface area contributed by atoms with E-state index in [4.69, 9.17) is 4.74 Å². The molecule has 4 saturated heterocycles. The van der Waals surface area contributed by atoms with Crippen molar-refractivity contribution >= 4 is 6.16 Å². The molecule has 0 bridgehead atoms. The highest BCUT2D eigenvalue weighted by Crippen LogP contribution is 2.25. The predicted molar refractivity (Wildman–Crippen MR) is 144 cm³/mol. The van der Waals surface area contributed by atoms with Gasteiger partial charge in [-0.25, -0.2) is 4.79 Å². The van der Waals surface area contributed by atoms with Crippen molar-refractivity contribution in [1.82, 2.24) is 24.5 Å². The van der Waals surface area contributed by atoms with Gasteiger partial charge in [-0.3, -0.25) is 24.5 Å². The number of ether oxygens (including phenoxy) is 2. The Kier molecular flexibility index (Phi) is 12.1. The number of nitrogens with zero attached hydrogens (tertiary/aromatic N) is 5. The number of methoxy groups -OCH3 is 1. The highest BCUT2D eigenvalue weighted by molar-refractivity contribution is 5.59. The lowest BCUT2D eigenvalue weighted by Crippen LogP contribution is -2.54. The molecule has 208 valence electrons. The number of fused-ring (bicyclic) bond motifs is 2. The molecule has 8 nitrogen and oxygen atoms in total. The van der Waals surface area contributed by atoms with Gasteiger partial charge in [0.1, 0.15) is 6.61 Å². The third kappa shape index (κ3) is 8.55. The van der Waals surface area contributed by atoms with Crippen molar-refractivity contribution in [2.24, 2.45) is 0 Å². The van der Waals surface area contributed by atoms with Gasteiger partial charge in [-0.1, -0.05) is 25.7 Å². The lowest BCUT2D eigenvalue weighted by Gasteiger charge is -2.44. The third-order valence-corrected chi connectivity index (χ3v) is 8.92. The minimum atomic E-state index is -0.571. The fourth-order valence-corrected chi connectivity index (χ4v) is 7.07. The van der Waals surface area contributed by atoms with Crippen LogP contribution >= 0.6 is 0 Å². The van der Waals surface area contributed by atoms with Crippen LogP contribution < -0.4 is 0 Å². The van der Waals surface area contributed by atoms with E-state index in [0.717, 1.165) is 19.6 Å². The summed E-state index contributed by atoms with van der Waals surface area (Å²) in [6, 6.07) is 0. The zero-order valence-electron chi connectivity index (χ0n) is 23.1. The van der Waals surface area contributed by atoms with E-state index in [1.807, 2.05) is 0 Å². The Morgan fingerprint density at radius 1 is 0.694 bits per heavy atom. The van der Waals surface area contributed by atoms with Crippen molar-refractivity contribution in [3.05, 3.63) is 0 Å². The predicted octanol–water partition coefficient (Wildman–Crippen LogP) is 3.67. The maximum absolute atomic E-state index is 11.5. The van der Waals surface area contributed by atoms with Gasteiger partial charge in [-0.15, -0.1) is 0 Å². The van der Waals surface area contributed by atoms with Gasteiger partial charge in [0.2, 0.25) is 0 Å². The van der Waals surface area contributed by atoms with Gasteiger partial charge < -0.3 is 9.47 Å². The monoisotopic (exact) mass is 507 g/mol. The van der Waals surface area contributed by atoms with Gasteiger partial charge in [0.25, 0.3) is 0 Å².